The predicted octanol–water partition coefficient (Wildman–Crippen LogP) is 0.844. The number of piperidine rings is 1. The third kappa shape index (κ3) is 4.52. The summed E-state index contributed by atoms with van der Waals surface area (Å²) in [6.07, 6.45) is 0.390. The number of ether oxygens (including phenoxy) is 1. The topological polar surface area (TPSA) is 70.0 Å². The first-order chi connectivity index (χ1) is 7.85. The molecule has 5 nitrogen and oxygen atoms in total. The molecule has 2 N–H and O–H groups in total. The van der Waals surface area contributed by atoms with E-state index in [0.717, 1.165) is 6.42 Å². The molecule has 0 unspecified atom stereocenters. The summed E-state index contributed by atoms with van der Waals surface area (Å²) in [7, 11) is 0. The number of likely N-dealkylation sites (tertiary alicyclic amines) is 1. The van der Waals surface area contributed by atoms with Gasteiger partial charge in [0.05, 0.1) is 0 Å². The lowest BCUT2D eigenvalue weighted by Crippen LogP contribution is -2.47. The van der Waals surface area contributed by atoms with Crippen LogP contribution in [0.4, 0.5) is 4.79 Å². The standard InChI is InChI=1S/C12H23NO4/c1-12(2,3)17-11(16)13-5-9(7-14)4-10(6-13)8-15/h9-10,14-15H,4-8H2,1-3H3/t9-,10-/m1/s1. The maximum atomic E-state index is 11.9. The fourth-order valence-electron chi connectivity index (χ4n) is 2.06. The lowest BCUT2D eigenvalue weighted by atomic mass is 9.90. The molecule has 17 heavy (non-hydrogen) atoms. The number of amides is 1. The molecule has 5 heteroatoms. The molecule has 0 saturated carbocycles. The van der Waals surface area contributed by atoms with Crippen molar-refractivity contribution in [1.29, 1.82) is 0 Å². The summed E-state index contributed by atoms with van der Waals surface area (Å²) in [6, 6.07) is 0. The second kappa shape index (κ2) is 5.69. The first-order valence-electron chi connectivity index (χ1n) is 6.05. The van der Waals surface area contributed by atoms with E-state index in [1.165, 1.54) is 0 Å². The van der Waals surface area contributed by atoms with Crippen molar-refractivity contribution >= 4 is 6.09 Å². The molecular formula is C12H23NO4. The molecule has 1 heterocycles. The van der Waals surface area contributed by atoms with Crippen molar-refractivity contribution in [1.82, 2.24) is 4.90 Å². The van der Waals surface area contributed by atoms with Crippen molar-refractivity contribution in [2.75, 3.05) is 26.3 Å². The van der Waals surface area contributed by atoms with Crippen LogP contribution in [0.1, 0.15) is 27.2 Å². The molecule has 1 rings (SSSR count). The normalized spacial score (nSPS) is 25.8. The van der Waals surface area contributed by atoms with Gasteiger partial charge in [0.2, 0.25) is 0 Å². The average Bonchev–Trinajstić information content (AvgIpc) is 2.26. The zero-order valence-electron chi connectivity index (χ0n) is 10.8. The first-order valence-corrected chi connectivity index (χ1v) is 6.05. The number of hydrogen-bond donors (Lipinski definition) is 2. The van der Waals surface area contributed by atoms with Gasteiger partial charge < -0.3 is 19.8 Å². The molecule has 0 spiro atoms. The second-order valence-electron chi connectivity index (χ2n) is 5.72. The second-order valence-corrected chi connectivity index (χ2v) is 5.72. The molecule has 0 aromatic carbocycles. The van der Waals surface area contributed by atoms with Crippen LogP contribution in [0.15, 0.2) is 0 Å². The van der Waals surface area contributed by atoms with Gasteiger partial charge in [-0.1, -0.05) is 0 Å². The number of aliphatic hydroxyl groups is 2. The Morgan fingerprint density at radius 1 is 1.24 bits per heavy atom. The molecule has 1 saturated heterocycles. The molecule has 1 aliphatic rings. The monoisotopic (exact) mass is 245 g/mol. The van der Waals surface area contributed by atoms with E-state index in [1.54, 1.807) is 4.90 Å². The Balaban J connectivity index is 2.59. The number of aliphatic hydroxyl groups excluding tert-OH is 2. The van der Waals surface area contributed by atoms with Crippen molar-refractivity contribution in [3.63, 3.8) is 0 Å². The number of carbonyl (C=O) groups is 1. The van der Waals surface area contributed by atoms with E-state index in [-0.39, 0.29) is 31.1 Å². The molecule has 0 bridgehead atoms. The van der Waals surface area contributed by atoms with Crippen LogP contribution in [0.25, 0.3) is 0 Å². The highest BCUT2D eigenvalue weighted by molar-refractivity contribution is 5.68. The van der Waals surface area contributed by atoms with Crippen LogP contribution in [-0.4, -0.2) is 53.1 Å². The van der Waals surface area contributed by atoms with E-state index < -0.39 is 5.60 Å². The van der Waals surface area contributed by atoms with Crippen LogP contribution in [0.2, 0.25) is 0 Å². The smallest absolute Gasteiger partial charge is 0.410 e. The minimum absolute atomic E-state index is 0.0356. The summed E-state index contributed by atoms with van der Waals surface area (Å²) >= 11 is 0. The molecule has 0 aromatic heterocycles. The van der Waals surface area contributed by atoms with Crippen LogP contribution < -0.4 is 0 Å². The van der Waals surface area contributed by atoms with Crippen LogP contribution in [-0.2, 0) is 4.74 Å². The van der Waals surface area contributed by atoms with Crippen LogP contribution in [0.5, 0.6) is 0 Å². The molecule has 1 amide bonds. The summed E-state index contributed by atoms with van der Waals surface area (Å²) in [5.74, 6) is 0.0711. The van der Waals surface area contributed by atoms with Gasteiger partial charge >= 0.3 is 6.09 Å². The van der Waals surface area contributed by atoms with Gasteiger partial charge in [-0.25, -0.2) is 4.79 Å². The van der Waals surface area contributed by atoms with Crippen molar-refractivity contribution in [3.8, 4) is 0 Å². The molecule has 0 radical (unpaired) electrons. The van der Waals surface area contributed by atoms with E-state index in [4.69, 9.17) is 4.74 Å². The van der Waals surface area contributed by atoms with Crippen molar-refractivity contribution in [2.24, 2.45) is 11.8 Å². The average molecular weight is 245 g/mol. The van der Waals surface area contributed by atoms with Gasteiger partial charge in [-0.3, -0.25) is 0 Å². The molecule has 0 aliphatic carbocycles. The summed E-state index contributed by atoms with van der Waals surface area (Å²) in [4.78, 5) is 13.5. The Morgan fingerprint density at radius 3 is 2.06 bits per heavy atom. The van der Waals surface area contributed by atoms with Crippen LogP contribution >= 0.6 is 0 Å². The molecule has 0 aromatic rings. The minimum Gasteiger partial charge on any atom is -0.444 e. The molecular weight excluding hydrogens is 222 g/mol. The molecule has 1 fully saturated rings. The zero-order chi connectivity index (χ0) is 13.1. The van der Waals surface area contributed by atoms with E-state index >= 15 is 0 Å². The minimum atomic E-state index is -0.516. The first kappa shape index (κ1) is 14.3. The Labute approximate surface area is 102 Å². The summed E-state index contributed by atoms with van der Waals surface area (Å²) in [5, 5.41) is 18.4. The van der Waals surface area contributed by atoms with Gasteiger partial charge in [-0.2, -0.15) is 0 Å². The van der Waals surface area contributed by atoms with Crippen molar-refractivity contribution in [3.05, 3.63) is 0 Å². The largest absolute Gasteiger partial charge is 0.444 e. The quantitative estimate of drug-likeness (QED) is 0.756. The van der Waals surface area contributed by atoms with Crippen molar-refractivity contribution in [2.45, 2.75) is 32.8 Å². The molecule has 2 atom stereocenters. The summed E-state index contributed by atoms with van der Waals surface area (Å²) in [5.41, 5.74) is -0.516. The van der Waals surface area contributed by atoms with Gasteiger partial charge in [-0.15, -0.1) is 0 Å². The maximum absolute atomic E-state index is 11.9. The third-order valence-electron chi connectivity index (χ3n) is 2.79. The Hall–Kier alpha value is -0.810. The van der Waals surface area contributed by atoms with Crippen LogP contribution in [0.3, 0.4) is 0 Å². The van der Waals surface area contributed by atoms with Gasteiger partial charge in [0, 0.05) is 38.1 Å². The Morgan fingerprint density at radius 2 is 1.71 bits per heavy atom. The zero-order valence-corrected chi connectivity index (χ0v) is 10.8. The fraction of sp³-hybridized carbons (Fsp3) is 0.917. The predicted molar refractivity (Wildman–Crippen MR) is 63.6 cm³/mol. The van der Waals surface area contributed by atoms with Crippen molar-refractivity contribution < 1.29 is 19.7 Å². The SMILES string of the molecule is CC(C)(C)OC(=O)N1C[C@H](CO)C[C@@H](CO)C1. The summed E-state index contributed by atoms with van der Waals surface area (Å²) in [6.45, 7) is 6.54. The summed E-state index contributed by atoms with van der Waals surface area (Å²) < 4.78 is 5.29. The number of nitrogens with zero attached hydrogens (tertiary/aromatic N) is 1. The highest BCUT2D eigenvalue weighted by atomic mass is 16.6. The van der Waals surface area contributed by atoms with Gasteiger partial charge in [0.1, 0.15) is 5.60 Å². The highest BCUT2D eigenvalue weighted by Crippen LogP contribution is 2.23. The van der Waals surface area contributed by atoms with Gasteiger partial charge in [-0.05, 0) is 27.2 Å². The van der Waals surface area contributed by atoms with Gasteiger partial charge in [0.25, 0.3) is 0 Å². The Kier molecular flexibility index (Phi) is 4.77. The third-order valence-corrected chi connectivity index (χ3v) is 2.79. The number of rotatable bonds is 2. The van der Waals surface area contributed by atoms with Crippen LogP contribution in [0, 0.1) is 11.8 Å². The lowest BCUT2D eigenvalue weighted by Gasteiger charge is -2.37. The number of hydrogen-bond acceptors (Lipinski definition) is 4. The highest BCUT2D eigenvalue weighted by Gasteiger charge is 2.31. The van der Waals surface area contributed by atoms with E-state index in [9.17, 15) is 15.0 Å². The molecule has 100 valence electrons. The maximum Gasteiger partial charge on any atom is 0.410 e. The Bertz CT molecular complexity index is 250. The van der Waals surface area contributed by atoms with E-state index in [1.807, 2.05) is 20.8 Å². The van der Waals surface area contributed by atoms with E-state index in [2.05, 4.69) is 0 Å². The number of carbonyl (C=O) groups excluding carboxylic acids is 1. The van der Waals surface area contributed by atoms with E-state index in [0.29, 0.717) is 13.1 Å². The molecule has 1 aliphatic heterocycles. The lowest BCUT2D eigenvalue weighted by molar-refractivity contribution is -0.000440. The van der Waals surface area contributed by atoms with Gasteiger partial charge in [0.15, 0.2) is 0 Å². The fourth-order valence-corrected chi connectivity index (χ4v) is 2.06.